The highest BCUT2D eigenvalue weighted by Gasteiger charge is 2.31. The predicted octanol–water partition coefficient (Wildman–Crippen LogP) is 4.09. The van der Waals surface area contributed by atoms with Gasteiger partial charge >= 0.3 is 6.18 Å². The molecule has 1 aliphatic heterocycles. The lowest BCUT2D eigenvalue weighted by Crippen LogP contribution is -2.42. The summed E-state index contributed by atoms with van der Waals surface area (Å²) in [5.41, 5.74) is -0.719. The molecular formula is C19H25F3N2O. The van der Waals surface area contributed by atoms with Crippen LogP contribution in [0.25, 0.3) is 0 Å². The standard InChI is InChI=1S/C19H25F3N2O/c20-19(21,22)16-5-3-4-15(12-16)18(25)23-13-14-8-10-24(11-9-14)17-6-1-2-7-17/h3-5,12,14,17H,1-2,6-11,13H2,(H,23,25). The third kappa shape index (κ3) is 4.75. The summed E-state index contributed by atoms with van der Waals surface area (Å²) in [6.07, 6.45) is 2.92. The molecule has 0 radical (unpaired) electrons. The molecular weight excluding hydrogens is 329 g/mol. The summed E-state index contributed by atoms with van der Waals surface area (Å²) in [5, 5.41) is 2.81. The molecule has 1 saturated heterocycles. The molecule has 0 unspecified atom stereocenters. The summed E-state index contributed by atoms with van der Waals surface area (Å²) < 4.78 is 38.2. The van der Waals surface area contributed by atoms with Crippen LogP contribution in [0.3, 0.4) is 0 Å². The number of nitrogens with one attached hydrogen (secondary N) is 1. The molecule has 0 atom stereocenters. The van der Waals surface area contributed by atoms with Gasteiger partial charge < -0.3 is 10.2 Å². The van der Waals surface area contributed by atoms with Gasteiger partial charge in [-0.05, 0) is 62.9 Å². The number of hydrogen-bond acceptors (Lipinski definition) is 2. The second kappa shape index (κ2) is 7.77. The van der Waals surface area contributed by atoms with Gasteiger partial charge in [0, 0.05) is 18.2 Å². The highest BCUT2D eigenvalue weighted by atomic mass is 19.4. The molecule has 1 saturated carbocycles. The lowest BCUT2D eigenvalue weighted by Gasteiger charge is -2.36. The molecule has 1 aromatic rings. The van der Waals surface area contributed by atoms with Gasteiger partial charge in [0.05, 0.1) is 5.56 Å². The van der Waals surface area contributed by atoms with E-state index in [0.717, 1.165) is 44.1 Å². The summed E-state index contributed by atoms with van der Waals surface area (Å²) in [7, 11) is 0. The second-order valence-corrected chi connectivity index (χ2v) is 7.21. The Morgan fingerprint density at radius 2 is 1.80 bits per heavy atom. The zero-order valence-corrected chi connectivity index (χ0v) is 14.3. The van der Waals surface area contributed by atoms with Crippen LogP contribution in [0.5, 0.6) is 0 Å². The number of amides is 1. The first-order chi connectivity index (χ1) is 11.9. The molecule has 3 nitrogen and oxygen atoms in total. The van der Waals surface area contributed by atoms with Gasteiger partial charge in [0.2, 0.25) is 0 Å². The van der Waals surface area contributed by atoms with Crippen LogP contribution in [0.1, 0.15) is 54.4 Å². The topological polar surface area (TPSA) is 32.3 Å². The molecule has 1 aromatic carbocycles. The summed E-state index contributed by atoms with van der Waals surface area (Å²) in [6.45, 7) is 2.66. The number of likely N-dealkylation sites (tertiary alicyclic amines) is 1. The smallest absolute Gasteiger partial charge is 0.352 e. The van der Waals surface area contributed by atoms with E-state index in [-0.39, 0.29) is 5.56 Å². The van der Waals surface area contributed by atoms with E-state index in [9.17, 15) is 18.0 Å². The Balaban J connectivity index is 1.47. The fourth-order valence-corrected chi connectivity index (χ4v) is 3.97. The molecule has 1 N–H and O–H groups in total. The van der Waals surface area contributed by atoms with Gasteiger partial charge in [-0.25, -0.2) is 0 Å². The third-order valence-corrected chi connectivity index (χ3v) is 5.49. The Bertz CT molecular complexity index is 589. The predicted molar refractivity (Wildman–Crippen MR) is 90.3 cm³/mol. The van der Waals surface area contributed by atoms with E-state index in [1.54, 1.807) is 0 Å². The highest BCUT2D eigenvalue weighted by molar-refractivity contribution is 5.94. The number of alkyl halides is 3. The van der Waals surface area contributed by atoms with Gasteiger partial charge in [-0.3, -0.25) is 4.79 Å². The summed E-state index contributed by atoms with van der Waals surface area (Å²) >= 11 is 0. The molecule has 25 heavy (non-hydrogen) atoms. The Morgan fingerprint density at radius 1 is 1.12 bits per heavy atom. The molecule has 1 amide bonds. The van der Waals surface area contributed by atoms with Crippen molar-refractivity contribution in [1.82, 2.24) is 10.2 Å². The first kappa shape index (κ1) is 18.2. The Hall–Kier alpha value is -1.56. The first-order valence-corrected chi connectivity index (χ1v) is 9.13. The van der Waals surface area contributed by atoms with Crippen LogP contribution in [-0.4, -0.2) is 36.5 Å². The highest BCUT2D eigenvalue weighted by Crippen LogP contribution is 2.30. The van der Waals surface area contributed by atoms with E-state index in [4.69, 9.17) is 0 Å². The number of carbonyl (C=O) groups excluding carboxylic acids is 1. The maximum Gasteiger partial charge on any atom is 0.416 e. The van der Waals surface area contributed by atoms with Crippen LogP contribution in [0.4, 0.5) is 13.2 Å². The molecule has 2 aliphatic rings. The van der Waals surface area contributed by atoms with Crippen molar-refractivity contribution in [3.8, 4) is 0 Å². The largest absolute Gasteiger partial charge is 0.416 e. The molecule has 3 rings (SSSR count). The van der Waals surface area contributed by atoms with E-state index in [2.05, 4.69) is 10.2 Å². The van der Waals surface area contributed by atoms with Crippen molar-refractivity contribution in [3.63, 3.8) is 0 Å². The van der Waals surface area contributed by atoms with Gasteiger partial charge in [-0.2, -0.15) is 13.2 Å². The van der Waals surface area contributed by atoms with Crippen LogP contribution in [0, 0.1) is 5.92 Å². The van der Waals surface area contributed by atoms with Gasteiger partial charge in [-0.15, -0.1) is 0 Å². The molecule has 6 heteroatoms. The summed E-state index contributed by atoms with van der Waals surface area (Å²) in [4.78, 5) is 14.7. The van der Waals surface area contributed by atoms with E-state index >= 15 is 0 Å². The lowest BCUT2D eigenvalue weighted by molar-refractivity contribution is -0.137. The maximum absolute atomic E-state index is 12.7. The number of halogens is 3. The van der Waals surface area contributed by atoms with E-state index in [1.165, 1.54) is 37.8 Å². The lowest BCUT2D eigenvalue weighted by atomic mass is 9.95. The van der Waals surface area contributed by atoms with Crippen molar-refractivity contribution in [2.75, 3.05) is 19.6 Å². The van der Waals surface area contributed by atoms with Crippen molar-refractivity contribution in [2.45, 2.75) is 50.7 Å². The molecule has 1 heterocycles. The third-order valence-electron chi connectivity index (χ3n) is 5.49. The van der Waals surface area contributed by atoms with E-state index in [1.807, 2.05) is 0 Å². The molecule has 138 valence electrons. The zero-order valence-electron chi connectivity index (χ0n) is 14.3. The van der Waals surface area contributed by atoms with E-state index < -0.39 is 17.6 Å². The van der Waals surface area contributed by atoms with Crippen molar-refractivity contribution < 1.29 is 18.0 Å². The Kier molecular flexibility index (Phi) is 5.67. The SMILES string of the molecule is O=C(NCC1CCN(C2CCCC2)CC1)c1cccc(C(F)(F)F)c1. The molecule has 1 aliphatic carbocycles. The maximum atomic E-state index is 12.7. The van der Waals surface area contributed by atoms with Crippen LogP contribution >= 0.6 is 0 Å². The van der Waals surface area contributed by atoms with Crippen LogP contribution in [-0.2, 0) is 6.18 Å². The van der Waals surface area contributed by atoms with Crippen LogP contribution in [0.2, 0.25) is 0 Å². The minimum Gasteiger partial charge on any atom is -0.352 e. The van der Waals surface area contributed by atoms with Crippen molar-refractivity contribution in [2.24, 2.45) is 5.92 Å². The van der Waals surface area contributed by atoms with Crippen molar-refractivity contribution >= 4 is 5.91 Å². The van der Waals surface area contributed by atoms with Gasteiger partial charge in [0.1, 0.15) is 0 Å². The van der Waals surface area contributed by atoms with Crippen LogP contribution < -0.4 is 5.32 Å². The number of benzene rings is 1. The summed E-state index contributed by atoms with van der Waals surface area (Å²) in [6, 6.07) is 5.33. The van der Waals surface area contributed by atoms with Gasteiger partial charge in [0.25, 0.3) is 5.91 Å². The van der Waals surface area contributed by atoms with Gasteiger partial charge in [-0.1, -0.05) is 18.9 Å². The monoisotopic (exact) mass is 354 g/mol. The normalized spacial score (nSPS) is 20.8. The van der Waals surface area contributed by atoms with Crippen LogP contribution in [0.15, 0.2) is 24.3 Å². The van der Waals surface area contributed by atoms with Crippen molar-refractivity contribution in [3.05, 3.63) is 35.4 Å². The average Bonchev–Trinajstić information content (AvgIpc) is 3.14. The Labute approximate surface area is 146 Å². The average molecular weight is 354 g/mol. The quantitative estimate of drug-likeness (QED) is 0.883. The minimum atomic E-state index is -4.43. The molecule has 2 fully saturated rings. The minimum absolute atomic E-state index is 0.0678. The first-order valence-electron chi connectivity index (χ1n) is 9.13. The Morgan fingerprint density at radius 3 is 2.44 bits per heavy atom. The number of hydrogen-bond donors (Lipinski definition) is 1. The van der Waals surface area contributed by atoms with E-state index in [0.29, 0.717) is 12.5 Å². The number of nitrogens with zero attached hydrogens (tertiary/aromatic N) is 1. The molecule has 0 bridgehead atoms. The number of piperidine rings is 1. The second-order valence-electron chi connectivity index (χ2n) is 7.21. The zero-order chi connectivity index (χ0) is 17.9. The fourth-order valence-electron chi connectivity index (χ4n) is 3.97. The molecule has 0 spiro atoms. The molecule has 0 aromatic heterocycles. The number of rotatable bonds is 4. The summed E-state index contributed by atoms with van der Waals surface area (Å²) in [5.74, 6) is -0.0169. The van der Waals surface area contributed by atoms with Crippen molar-refractivity contribution in [1.29, 1.82) is 0 Å². The van der Waals surface area contributed by atoms with Gasteiger partial charge in [0.15, 0.2) is 0 Å². The fraction of sp³-hybridized carbons (Fsp3) is 0.632. The number of carbonyl (C=O) groups is 1.